The van der Waals surface area contributed by atoms with Crippen molar-refractivity contribution in [2.75, 3.05) is 65.7 Å². The minimum atomic E-state index is -1.06. The van der Waals surface area contributed by atoms with E-state index in [4.69, 9.17) is 18.9 Å². The van der Waals surface area contributed by atoms with E-state index in [1.54, 1.807) is 0 Å². The van der Waals surface area contributed by atoms with Gasteiger partial charge in [-0.3, -0.25) is 9.80 Å². The average molecular weight is 711 g/mol. The smallest absolute Gasteiger partial charge is 0.333 e. The van der Waals surface area contributed by atoms with E-state index in [0.29, 0.717) is 13.1 Å². The van der Waals surface area contributed by atoms with Crippen LogP contribution in [0, 0.1) is 11.8 Å². The zero-order chi connectivity index (χ0) is 38.0. The molecular weight excluding hydrogens is 652 g/mol. The van der Waals surface area contributed by atoms with Crippen LogP contribution in [0.5, 0.6) is 0 Å². The molecule has 6 unspecified atom stereocenters. The van der Waals surface area contributed by atoms with Crippen LogP contribution in [0.4, 0.5) is 0 Å². The molecule has 14 heteroatoms. The number of carbonyl (C=O) groups is 4. The van der Waals surface area contributed by atoms with Gasteiger partial charge in [0.2, 0.25) is 0 Å². The van der Waals surface area contributed by atoms with Crippen LogP contribution in [0.2, 0.25) is 0 Å². The van der Waals surface area contributed by atoms with Crippen molar-refractivity contribution in [3.05, 3.63) is 48.6 Å². The molecule has 1 aliphatic carbocycles. The summed E-state index contributed by atoms with van der Waals surface area (Å²) in [7, 11) is 0. The molecule has 0 aromatic heterocycles. The molecule has 0 heterocycles. The van der Waals surface area contributed by atoms with E-state index >= 15 is 0 Å². The third-order valence-electron chi connectivity index (χ3n) is 7.82. The summed E-state index contributed by atoms with van der Waals surface area (Å²) in [5.74, 6) is -2.23. The van der Waals surface area contributed by atoms with Crippen LogP contribution in [-0.4, -0.2) is 144 Å². The highest BCUT2D eigenvalue weighted by molar-refractivity contribution is 5.88. The lowest BCUT2D eigenvalue weighted by Gasteiger charge is -2.37. The van der Waals surface area contributed by atoms with Crippen LogP contribution in [0.1, 0.15) is 53.4 Å². The molecule has 4 N–H and O–H groups in total. The molecule has 0 aromatic rings. The maximum Gasteiger partial charge on any atom is 0.333 e. The quantitative estimate of drug-likeness (QED) is 0.0637. The Balaban J connectivity index is 3.00. The molecule has 0 aromatic carbocycles. The Kier molecular flexibility index (Phi) is 20.7. The van der Waals surface area contributed by atoms with E-state index in [1.807, 2.05) is 9.80 Å². The SMILES string of the molecule is C=C(C)C(=O)OCC(O)CN(CC(O)COC(=O)C(=C)C)CC1CCCC(CN(CC(O)COC(=O)C(=C)C)CC(O)COC(=O)C(=C)C)C1. The predicted octanol–water partition coefficient (Wildman–Crippen LogP) is 1.32. The topological polar surface area (TPSA) is 193 Å². The number of aliphatic hydroxyl groups is 4. The Morgan fingerprint density at radius 3 is 1.00 bits per heavy atom. The van der Waals surface area contributed by atoms with E-state index in [0.717, 1.165) is 25.7 Å². The molecule has 50 heavy (non-hydrogen) atoms. The van der Waals surface area contributed by atoms with Gasteiger partial charge < -0.3 is 39.4 Å². The lowest BCUT2D eigenvalue weighted by molar-refractivity contribution is -0.144. The predicted molar refractivity (Wildman–Crippen MR) is 185 cm³/mol. The van der Waals surface area contributed by atoms with Crippen LogP contribution >= 0.6 is 0 Å². The summed E-state index contributed by atoms with van der Waals surface area (Å²) in [6.07, 6.45) is -0.861. The van der Waals surface area contributed by atoms with Gasteiger partial charge >= 0.3 is 23.9 Å². The van der Waals surface area contributed by atoms with Gasteiger partial charge in [-0.05, 0) is 58.8 Å². The van der Waals surface area contributed by atoms with Crippen molar-refractivity contribution in [3.8, 4) is 0 Å². The maximum atomic E-state index is 11.8. The molecule has 0 bridgehead atoms. The van der Waals surface area contributed by atoms with Crippen molar-refractivity contribution in [2.45, 2.75) is 77.8 Å². The maximum absolute atomic E-state index is 11.8. The Morgan fingerprint density at radius 1 is 0.540 bits per heavy atom. The second-order valence-electron chi connectivity index (χ2n) is 13.5. The molecule has 14 nitrogen and oxygen atoms in total. The molecule has 1 rings (SSSR count). The van der Waals surface area contributed by atoms with Crippen LogP contribution < -0.4 is 0 Å². The fourth-order valence-electron chi connectivity index (χ4n) is 5.49. The van der Waals surface area contributed by atoms with Gasteiger partial charge in [0.15, 0.2) is 0 Å². The second kappa shape index (κ2) is 23.1. The standard InChI is InChI=1S/C36H58N2O12/c1-23(2)33(43)47-19-29(39)15-37(16-30(40)20-48-34(44)24(3)4)13-27-10-9-11-28(12-27)14-38(17-31(41)21-49-35(45)25(5)6)18-32(42)22-50-36(46)26(7)8/h27-32,39-42H,1,3,5,7,9-22H2,2,4,6,8H3. The fourth-order valence-corrected chi connectivity index (χ4v) is 5.49. The van der Waals surface area contributed by atoms with Crippen LogP contribution in [0.25, 0.3) is 0 Å². The molecule has 1 saturated carbocycles. The van der Waals surface area contributed by atoms with E-state index in [9.17, 15) is 39.6 Å². The molecule has 6 atom stereocenters. The second-order valence-corrected chi connectivity index (χ2v) is 13.5. The number of carbonyl (C=O) groups excluding carboxylic acids is 4. The highest BCUT2D eigenvalue weighted by atomic mass is 16.6. The molecule has 0 saturated heterocycles. The molecule has 0 spiro atoms. The summed E-state index contributed by atoms with van der Waals surface area (Å²) < 4.78 is 20.4. The van der Waals surface area contributed by atoms with Gasteiger partial charge in [-0.15, -0.1) is 0 Å². The monoisotopic (exact) mass is 710 g/mol. The first kappa shape index (κ1) is 44.6. The highest BCUT2D eigenvalue weighted by Crippen LogP contribution is 2.31. The average Bonchev–Trinajstić information content (AvgIpc) is 3.03. The fraction of sp³-hybridized carbons (Fsp3) is 0.667. The van der Waals surface area contributed by atoms with Gasteiger partial charge in [0.1, 0.15) is 50.8 Å². The van der Waals surface area contributed by atoms with Gasteiger partial charge in [-0.1, -0.05) is 32.7 Å². The largest absolute Gasteiger partial charge is 0.460 e. The molecular formula is C36H58N2O12. The summed E-state index contributed by atoms with van der Waals surface area (Å²) >= 11 is 0. The molecule has 1 aliphatic rings. The normalized spacial score (nSPS) is 18.4. The first-order chi connectivity index (χ1) is 23.4. The number of rotatable bonds is 24. The van der Waals surface area contributed by atoms with Gasteiger partial charge in [0.25, 0.3) is 0 Å². The molecule has 0 amide bonds. The molecule has 0 radical (unpaired) electrons. The number of ether oxygens (including phenoxy) is 4. The minimum absolute atomic E-state index is 0.0758. The molecule has 1 fully saturated rings. The lowest BCUT2D eigenvalue weighted by atomic mass is 9.80. The van der Waals surface area contributed by atoms with Crippen LogP contribution in [0.3, 0.4) is 0 Å². The first-order valence-corrected chi connectivity index (χ1v) is 16.8. The number of aliphatic hydroxyl groups excluding tert-OH is 4. The zero-order valence-electron chi connectivity index (χ0n) is 30.1. The van der Waals surface area contributed by atoms with E-state index in [1.165, 1.54) is 27.7 Å². The number of hydrogen-bond acceptors (Lipinski definition) is 14. The van der Waals surface area contributed by atoms with Crippen molar-refractivity contribution < 1.29 is 58.6 Å². The molecule has 0 aliphatic heterocycles. The number of hydrogen-bond donors (Lipinski definition) is 4. The van der Waals surface area contributed by atoms with Crippen molar-refractivity contribution in [2.24, 2.45) is 11.8 Å². The van der Waals surface area contributed by atoms with E-state index in [-0.39, 0.29) is 86.7 Å². The first-order valence-electron chi connectivity index (χ1n) is 16.8. The third-order valence-corrected chi connectivity index (χ3v) is 7.82. The third kappa shape index (κ3) is 19.1. The minimum Gasteiger partial charge on any atom is -0.460 e. The van der Waals surface area contributed by atoms with Crippen molar-refractivity contribution >= 4 is 23.9 Å². The van der Waals surface area contributed by atoms with Gasteiger partial charge in [0.05, 0.1) is 0 Å². The van der Waals surface area contributed by atoms with Crippen LogP contribution in [-0.2, 0) is 38.1 Å². The van der Waals surface area contributed by atoms with Crippen molar-refractivity contribution in [1.29, 1.82) is 0 Å². The Hall–Kier alpha value is -3.40. The van der Waals surface area contributed by atoms with Crippen molar-refractivity contribution in [1.82, 2.24) is 9.80 Å². The number of esters is 4. The van der Waals surface area contributed by atoms with E-state index < -0.39 is 48.3 Å². The molecule has 284 valence electrons. The summed E-state index contributed by atoms with van der Waals surface area (Å²) in [6, 6.07) is 0. The summed E-state index contributed by atoms with van der Waals surface area (Å²) in [5.41, 5.74) is 0.803. The van der Waals surface area contributed by atoms with Gasteiger partial charge in [0, 0.05) is 61.6 Å². The Morgan fingerprint density at radius 2 is 0.780 bits per heavy atom. The van der Waals surface area contributed by atoms with Gasteiger partial charge in [-0.2, -0.15) is 0 Å². The summed E-state index contributed by atoms with van der Waals surface area (Å²) in [4.78, 5) is 51.1. The Bertz CT molecular complexity index is 1020. The van der Waals surface area contributed by atoms with Crippen molar-refractivity contribution in [3.63, 3.8) is 0 Å². The summed E-state index contributed by atoms with van der Waals surface area (Å²) in [6.45, 7) is 20.4. The zero-order valence-corrected chi connectivity index (χ0v) is 30.1. The number of nitrogens with zero attached hydrogens (tertiary/aromatic N) is 2. The van der Waals surface area contributed by atoms with Crippen LogP contribution in [0.15, 0.2) is 48.6 Å². The van der Waals surface area contributed by atoms with Gasteiger partial charge in [-0.25, -0.2) is 19.2 Å². The Labute approximate surface area is 296 Å². The van der Waals surface area contributed by atoms with E-state index in [2.05, 4.69) is 26.3 Å². The highest BCUT2D eigenvalue weighted by Gasteiger charge is 2.29. The summed E-state index contributed by atoms with van der Waals surface area (Å²) in [5, 5.41) is 42.7. The lowest BCUT2D eigenvalue weighted by Crippen LogP contribution is -2.46.